The first-order chi connectivity index (χ1) is 8.83. The molecule has 0 radical (unpaired) electrons. The van der Waals surface area contributed by atoms with Crippen LogP contribution >= 0.6 is 38.9 Å². The molecule has 0 saturated carbocycles. The summed E-state index contributed by atoms with van der Waals surface area (Å²) in [6, 6.07) is 1.83. The van der Waals surface area contributed by atoms with Crippen LogP contribution in [0.1, 0.15) is 24.3 Å². The molecule has 0 bridgehead atoms. The van der Waals surface area contributed by atoms with Crippen molar-refractivity contribution in [3.63, 3.8) is 0 Å². The molecule has 1 unspecified atom stereocenters. The van der Waals surface area contributed by atoms with Crippen molar-refractivity contribution in [2.24, 2.45) is 0 Å². The molecular formula is C11H14BrClF3NOS. The summed E-state index contributed by atoms with van der Waals surface area (Å²) in [6.07, 6.45) is -3.81. The van der Waals surface area contributed by atoms with Gasteiger partial charge in [0.05, 0.1) is 0 Å². The van der Waals surface area contributed by atoms with Crippen LogP contribution in [0.25, 0.3) is 0 Å². The summed E-state index contributed by atoms with van der Waals surface area (Å²) in [4.78, 5) is 0.981. The Bertz CT molecular complexity index is 380. The smallest absolute Gasteiger partial charge is 0.372 e. The van der Waals surface area contributed by atoms with E-state index in [0.29, 0.717) is 10.8 Å². The van der Waals surface area contributed by atoms with Crippen LogP contribution in [0.5, 0.6) is 0 Å². The Morgan fingerprint density at radius 1 is 1.53 bits per heavy atom. The minimum atomic E-state index is -4.27. The highest BCUT2D eigenvalue weighted by molar-refractivity contribution is 9.10. The Kier molecular flexibility index (Phi) is 7.10. The summed E-state index contributed by atoms with van der Waals surface area (Å²) in [5, 5.41) is 3.21. The van der Waals surface area contributed by atoms with Crippen molar-refractivity contribution in [3.8, 4) is 0 Å². The van der Waals surface area contributed by atoms with Gasteiger partial charge < -0.3 is 10.1 Å². The van der Waals surface area contributed by atoms with Crippen LogP contribution in [0, 0.1) is 0 Å². The molecule has 0 aromatic carbocycles. The standard InChI is InChI=1S/C11H14BrClF3NOS/c1-2-17-8(3-4-18-6-11(14,15)16)9-5-7(12)10(13)19-9/h5,8,17H,2-4,6H2,1H3. The molecular weight excluding hydrogens is 367 g/mol. The second kappa shape index (κ2) is 7.83. The molecule has 110 valence electrons. The topological polar surface area (TPSA) is 21.3 Å². The molecule has 1 heterocycles. The van der Waals surface area contributed by atoms with Gasteiger partial charge in [-0.2, -0.15) is 13.2 Å². The van der Waals surface area contributed by atoms with E-state index in [0.717, 1.165) is 15.9 Å². The monoisotopic (exact) mass is 379 g/mol. The van der Waals surface area contributed by atoms with Gasteiger partial charge in [-0.15, -0.1) is 11.3 Å². The lowest BCUT2D eigenvalue weighted by atomic mass is 10.2. The van der Waals surface area contributed by atoms with Gasteiger partial charge in [-0.25, -0.2) is 0 Å². The fourth-order valence-corrected chi connectivity index (χ4v) is 3.36. The highest BCUT2D eigenvalue weighted by Gasteiger charge is 2.27. The van der Waals surface area contributed by atoms with E-state index in [9.17, 15) is 13.2 Å². The fraction of sp³-hybridized carbons (Fsp3) is 0.636. The summed E-state index contributed by atoms with van der Waals surface area (Å²) in [5.41, 5.74) is 0. The third-order valence-corrected chi connectivity index (χ3v) is 4.86. The largest absolute Gasteiger partial charge is 0.411 e. The maximum Gasteiger partial charge on any atom is 0.411 e. The van der Waals surface area contributed by atoms with E-state index < -0.39 is 12.8 Å². The molecule has 0 spiro atoms. The van der Waals surface area contributed by atoms with E-state index >= 15 is 0 Å². The first kappa shape index (κ1) is 17.2. The number of hydrogen-bond donors (Lipinski definition) is 1. The van der Waals surface area contributed by atoms with E-state index in [2.05, 4.69) is 26.0 Å². The number of alkyl halides is 3. The molecule has 0 fully saturated rings. The zero-order valence-corrected chi connectivity index (χ0v) is 13.3. The summed E-state index contributed by atoms with van der Waals surface area (Å²) >= 11 is 10.7. The Labute approximate surface area is 127 Å². The normalized spacial score (nSPS) is 13.8. The van der Waals surface area contributed by atoms with Gasteiger partial charge in [-0.1, -0.05) is 18.5 Å². The Morgan fingerprint density at radius 3 is 2.68 bits per heavy atom. The molecule has 1 N–H and O–H groups in total. The number of ether oxygens (including phenoxy) is 1. The lowest BCUT2D eigenvalue weighted by molar-refractivity contribution is -0.174. The number of thiophene rings is 1. The highest BCUT2D eigenvalue weighted by Crippen LogP contribution is 2.36. The highest BCUT2D eigenvalue weighted by atomic mass is 79.9. The maximum absolute atomic E-state index is 11.9. The van der Waals surface area contributed by atoms with Crippen molar-refractivity contribution < 1.29 is 17.9 Å². The van der Waals surface area contributed by atoms with Crippen molar-refractivity contribution in [1.29, 1.82) is 0 Å². The number of halogens is 5. The van der Waals surface area contributed by atoms with Crippen molar-refractivity contribution in [1.82, 2.24) is 5.32 Å². The van der Waals surface area contributed by atoms with Crippen molar-refractivity contribution in [2.75, 3.05) is 19.8 Å². The van der Waals surface area contributed by atoms with Gasteiger partial charge >= 0.3 is 6.18 Å². The lowest BCUT2D eigenvalue weighted by Gasteiger charge is -2.16. The predicted molar refractivity (Wildman–Crippen MR) is 74.9 cm³/mol. The minimum absolute atomic E-state index is 0.0459. The van der Waals surface area contributed by atoms with Crippen LogP contribution in [0.15, 0.2) is 10.5 Å². The molecule has 1 atom stereocenters. The van der Waals surface area contributed by atoms with Crippen LogP contribution in [0.3, 0.4) is 0 Å². The predicted octanol–water partition coefficient (Wildman–Crippen LogP) is 4.78. The third kappa shape index (κ3) is 6.44. The molecule has 0 aliphatic rings. The summed E-state index contributed by atoms with van der Waals surface area (Å²) in [7, 11) is 0. The molecule has 2 nitrogen and oxygen atoms in total. The van der Waals surface area contributed by atoms with Crippen molar-refractivity contribution >= 4 is 38.9 Å². The van der Waals surface area contributed by atoms with Gasteiger partial charge in [0.25, 0.3) is 0 Å². The molecule has 0 aliphatic heterocycles. The Morgan fingerprint density at radius 2 is 2.21 bits per heavy atom. The van der Waals surface area contributed by atoms with E-state index in [1.165, 1.54) is 11.3 Å². The molecule has 1 aromatic heterocycles. The zero-order chi connectivity index (χ0) is 14.5. The van der Waals surface area contributed by atoms with Gasteiger partial charge in [-0.05, 0) is 35.0 Å². The van der Waals surface area contributed by atoms with Crippen LogP contribution in [0.4, 0.5) is 13.2 Å². The van der Waals surface area contributed by atoms with Crippen molar-refractivity contribution in [3.05, 3.63) is 19.8 Å². The van der Waals surface area contributed by atoms with Gasteiger partial charge in [0.15, 0.2) is 0 Å². The number of nitrogens with one attached hydrogen (secondary N) is 1. The minimum Gasteiger partial charge on any atom is -0.372 e. The second-order valence-corrected chi connectivity index (χ2v) is 6.38. The number of rotatable bonds is 7. The van der Waals surface area contributed by atoms with Gasteiger partial charge in [0, 0.05) is 22.0 Å². The van der Waals surface area contributed by atoms with Gasteiger partial charge in [0.1, 0.15) is 10.9 Å². The second-order valence-electron chi connectivity index (χ2n) is 3.84. The van der Waals surface area contributed by atoms with Crippen LogP contribution < -0.4 is 5.32 Å². The van der Waals surface area contributed by atoms with Gasteiger partial charge in [-0.3, -0.25) is 0 Å². The Balaban J connectivity index is 2.49. The molecule has 1 rings (SSSR count). The average molecular weight is 381 g/mol. The molecule has 19 heavy (non-hydrogen) atoms. The molecule has 0 saturated heterocycles. The quantitative estimate of drug-likeness (QED) is 0.687. The molecule has 0 aliphatic carbocycles. The average Bonchev–Trinajstić information content (AvgIpc) is 2.62. The zero-order valence-electron chi connectivity index (χ0n) is 10.2. The third-order valence-electron chi connectivity index (χ3n) is 2.27. The molecule has 0 amide bonds. The summed E-state index contributed by atoms with van der Waals surface area (Å²) in [5.74, 6) is 0. The van der Waals surface area contributed by atoms with E-state index in [4.69, 9.17) is 11.6 Å². The SMILES string of the molecule is CCNC(CCOCC(F)(F)F)c1cc(Br)c(Cl)s1. The van der Waals surface area contributed by atoms with E-state index in [-0.39, 0.29) is 12.6 Å². The Hall–Kier alpha value is 0.180. The van der Waals surface area contributed by atoms with Crippen LogP contribution in [-0.2, 0) is 4.74 Å². The van der Waals surface area contributed by atoms with E-state index in [1.807, 2.05) is 13.0 Å². The van der Waals surface area contributed by atoms with Gasteiger partial charge in [0.2, 0.25) is 0 Å². The summed E-state index contributed by atoms with van der Waals surface area (Å²) < 4.78 is 41.9. The summed E-state index contributed by atoms with van der Waals surface area (Å²) in [6.45, 7) is 1.50. The van der Waals surface area contributed by atoms with Crippen LogP contribution in [-0.4, -0.2) is 25.9 Å². The lowest BCUT2D eigenvalue weighted by Crippen LogP contribution is -2.23. The molecule has 1 aromatic rings. The molecule has 8 heteroatoms. The number of hydrogen-bond acceptors (Lipinski definition) is 3. The van der Waals surface area contributed by atoms with E-state index in [1.54, 1.807) is 0 Å². The fourth-order valence-electron chi connectivity index (χ4n) is 1.52. The van der Waals surface area contributed by atoms with Crippen LogP contribution in [0.2, 0.25) is 4.34 Å². The first-order valence-electron chi connectivity index (χ1n) is 5.66. The maximum atomic E-state index is 11.9. The first-order valence-corrected chi connectivity index (χ1v) is 7.65. The van der Waals surface area contributed by atoms with Crippen molar-refractivity contribution in [2.45, 2.75) is 25.6 Å².